The fourth-order valence-electron chi connectivity index (χ4n) is 1.91. The number of carbonyl (C=O) groups is 1. The van der Waals surface area contributed by atoms with Gasteiger partial charge >= 0.3 is 0 Å². The summed E-state index contributed by atoms with van der Waals surface area (Å²) in [6.07, 6.45) is 1.56. The number of nitrogens with one attached hydrogen (secondary N) is 2. The molecule has 0 bridgehead atoms. The highest BCUT2D eigenvalue weighted by Crippen LogP contribution is 2.07. The molecule has 1 aromatic carbocycles. The predicted octanol–water partition coefficient (Wildman–Crippen LogP) is 1.77. The fraction of sp³-hybridized carbons (Fsp3) is 0.312. The molecule has 0 saturated carbocycles. The Kier molecular flexibility index (Phi) is 5.85. The van der Waals surface area contributed by atoms with Gasteiger partial charge in [-0.25, -0.2) is 9.97 Å². The number of hydrogen-bond donors (Lipinski definition) is 2. The van der Waals surface area contributed by atoms with Crippen LogP contribution in [-0.2, 0) is 11.3 Å². The number of nitrogens with zero attached hydrogens (tertiary/aromatic N) is 2. The van der Waals surface area contributed by atoms with E-state index in [1.54, 1.807) is 19.4 Å². The molecule has 1 aromatic heterocycles. The zero-order valence-electron chi connectivity index (χ0n) is 12.8. The molecule has 1 amide bonds. The highest BCUT2D eigenvalue weighted by atomic mass is 16.5. The molecule has 0 aliphatic rings. The average molecular weight is 300 g/mol. The van der Waals surface area contributed by atoms with Crippen molar-refractivity contribution in [3.05, 3.63) is 53.3 Å². The SMILES string of the molecule is COCCNc1nccc(C(=O)NCc2ccccc2C)n1. The Labute approximate surface area is 129 Å². The first-order valence-corrected chi connectivity index (χ1v) is 7.09. The third kappa shape index (κ3) is 4.53. The maximum Gasteiger partial charge on any atom is 0.270 e. The van der Waals surface area contributed by atoms with Crippen LogP contribution < -0.4 is 10.6 Å². The van der Waals surface area contributed by atoms with E-state index in [4.69, 9.17) is 4.74 Å². The molecule has 6 nitrogen and oxygen atoms in total. The minimum Gasteiger partial charge on any atom is -0.383 e. The van der Waals surface area contributed by atoms with Crippen LogP contribution in [0, 0.1) is 6.92 Å². The molecule has 2 aromatic rings. The van der Waals surface area contributed by atoms with Gasteiger partial charge in [-0.3, -0.25) is 4.79 Å². The lowest BCUT2D eigenvalue weighted by molar-refractivity contribution is 0.0946. The molecule has 0 atom stereocenters. The van der Waals surface area contributed by atoms with Crippen molar-refractivity contribution in [1.29, 1.82) is 0 Å². The van der Waals surface area contributed by atoms with E-state index in [9.17, 15) is 4.79 Å². The second-order valence-corrected chi connectivity index (χ2v) is 4.79. The lowest BCUT2D eigenvalue weighted by Crippen LogP contribution is -2.24. The van der Waals surface area contributed by atoms with Crippen molar-refractivity contribution in [2.75, 3.05) is 25.6 Å². The first-order valence-electron chi connectivity index (χ1n) is 7.09. The summed E-state index contributed by atoms with van der Waals surface area (Å²) in [6, 6.07) is 9.53. The van der Waals surface area contributed by atoms with Crippen LogP contribution in [0.15, 0.2) is 36.5 Å². The smallest absolute Gasteiger partial charge is 0.270 e. The molecular weight excluding hydrogens is 280 g/mol. The van der Waals surface area contributed by atoms with E-state index >= 15 is 0 Å². The van der Waals surface area contributed by atoms with Gasteiger partial charge in [-0.05, 0) is 24.1 Å². The summed E-state index contributed by atoms with van der Waals surface area (Å²) in [7, 11) is 1.62. The van der Waals surface area contributed by atoms with Gasteiger partial charge in [0.25, 0.3) is 5.91 Å². The summed E-state index contributed by atoms with van der Waals surface area (Å²) in [5.41, 5.74) is 2.57. The molecular formula is C16H20N4O2. The van der Waals surface area contributed by atoms with E-state index < -0.39 is 0 Å². The predicted molar refractivity (Wildman–Crippen MR) is 84.7 cm³/mol. The van der Waals surface area contributed by atoms with Crippen LogP contribution in [0.5, 0.6) is 0 Å². The third-order valence-electron chi connectivity index (χ3n) is 3.18. The summed E-state index contributed by atoms with van der Waals surface area (Å²) in [4.78, 5) is 20.4. The Morgan fingerprint density at radius 1 is 1.27 bits per heavy atom. The zero-order valence-corrected chi connectivity index (χ0v) is 12.8. The van der Waals surface area contributed by atoms with Crippen molar-refractivity contribution >= 4 is 11.9 Å². The number of aryl methyl sites for hydroxylation is 1. The van der Waals surface area contributed by atoms with Gasteiger partial charge < -0.3 is 15.4 Å². The number of amides is 1. The Balaban J connectivity index is 1.95. The van der Waals surface area contributed by atoms with E-state index in [1.165, 1.54) is 0 Å². The Hall–Kier alpha value is -2.47. The van der Waals surface area contributed by atoms with Gasteiger partial charge in [0.2, 0.25) is 5.95 Å². The molecule has 2 N–H and O–H groups in total. The summed E-state index contributed by atoms with van der Waals surface area (Å²) in [6.45, 7) is 3.63. The van der Waals surface area contributed by atoms with E-state index in [-0.39, 0.29) is 5.91 Å². The molecule has 2 rings (SSSR count). The normalized spacial score (nSPS) is 10.3. The number of benzene rings is 1. The molecule has 22 heavy (non-hydrogen) atoms. The molecule has 0 aliphatic carbocycles. The maximum absolute atomic E-state index is 12.2. The summed E-state index contributed by atoms with van der Waals surface area (Å²) in [5, 5.41) is 5.87. The minimum absolute atomic E-state index is 0.222. The Bertz CT molecular complexity index is 631. The largest absolute Gasteiger partial charge is 0.383 e. The lowest BCUT2D eigenvalue weighted by atomic mass is 10.1. The van der Waals surface area contributed by atoms with Crippen molar-refractivity contribution in [3.8, 4) is 0 Å². The lowest BCUT2D eigenvalue weighted by Gasteiger charge is -2.08. The van der Waals surface area contributed by atoms with Crippen molar-refractivity contribution in [3.63, 3.8) is 0 Å². The highest BCUT2D eigenvalue weighted by molar-refractivity contribution is 5.92. The van der Waals surface area contributed by atoms with E-state index in [0.717, 1.165) is 11.1 Å². The summed E-state index contributed by atoms with van der Waals surface area (Å²) >= 11 is 0. The topological polar surface area (TPSA) is 76.1 Å². The molecule has 6 heteroatoms. The van der Waals surface area contributed by atoms with Gasteiger partial charge in [0.05, 0.1) is 6.61 Å². The molecule has 0 spiro atoms. The van der Waals surface area contributed by atoms with Crippen LogP contribution in [-0.4, -0.2) is 36.1 Å². The van der Waals surface area contributed by atoms with Crippen LogP contribution in [0.4, 0.5) is 5.95 Å². The molecule has 0 aliphatic heterocycles. The molecule has 1 heterocycles. The van der Waals surface area contributed by atoms with Crippen LogP contribution in [0.25, 0.3) is 0 Å². The van der Waals surface area contributed by atoms with E-state index in [2.05, 4.69) is 20.6 Å². The van der Waals surface area contributed by atoms with Crippen molar-refractivity contribution < 1.29 is 9.53 Å². The molecule has 0 radical (unpaired) electrons. The van der Waals surface area contributed by atoms with Gasteiger partial charge in [-0.2, -0.15) is 0 Å². The number of rotatable bonds is 7. The van der Waals surface area contributed by atoms with Crippen LogP contribution in [0.1, 0.15) is 21.6 Å². The number of methoxy groups -OCH3 is 1. The van der Waals surface area contributed by atoms with Gasteiger partial charge in [-0.1, -0.05) is 24.3 Å². The maximum atomic E-state index is 12.2. The van der Waals surface area contributed by atoms with Gasteiger partial charge in [0.15, 0.2) is 0 Å². The molecule has 0 fully saturated rings. The first-order chi connectivity index (χ1) is 10.7. The Morgan fingerprint density at radius 3 is 2.86 bits per heavy atom. The third-order valence-corrected chi connectivity index (χ3v) is 3.18. The van der Waals surface area contributed by atoms with Crippen LogP contribution in [0.3, 0.4) is 0 Å². The summed E-state index contributed by atoms with van der Waals surface area (Å²) in [5.74, 6) is 0.195. The summed E-state index contributed by atoms with van der Waals surface area (Å²) < 4.78 is 4.94. The number of ether oxygens (including phenoxy) is 1. The quantitative estimate of drug-likeness (QED) is 0.762. The first kappa shape index (κ1) is 15.9. The van der Waals surface area contributed by atoms with Crippen molar-refractivity contribution in [2.45, 2.75) is 13.5 Å². The van der Waals surface area contributed by atoms with Gasteiger partial charge in [0.1, 0.15) is 5.69 Å². The molecule has 116 valence electrons. The molecule has 0 unspecified atom stereocenters. The van der Waals surface area contributed by atoms with Gasteiger partial charge in [-0.15, -0.1) is 0 Å². The highest BCUT2D eigenvalue weighted by Gasteiger charge is 2.09. The Morgan fingerprint density at radius 2 is 2.09 bits per heavy atom. The number of carbonyl (C=O) groups excluding carboxylic acids is 1. The standard InChI is InChI=1S/C16H20N4O2/c1-12-5-3-4-6-13(12)11-19-15(21)14-7-8-17-16(20-14)18-9-10-22-2/h3-8H,9-11H2,1-2H3,(H,19,21)(H,17,18,20). The second-order valence-electron chi connectivity index (χ2n) is 4.79. The monoisotopic (exact) mass is 300 g/mol. The van der Waals surface area contributed by atoms with Crippen molar-refractivity contribution in [2.24, 2.45) is 0 Å². The minimum atomic E-state index is -0.222. The zero-order chi connectivity index (χ0) is 15.8. The molecule has 0 saturated heterocycles. The second kappa shape index (κ2) is 8.09. The number of aromatic nitrogens is 2. The van der Waals surface area contributed by atoms with E-state index in [0.29, 0.717) is 31.3 Å². The van der Waals surface area contributed by atoms with Crippen LogP contribution in [0.2, 0.25) is 0 Å². The van der Waals surface area contributed by atoms with Gasteiger partial charge in [0, 0.05) is 26.4 Å². The van der Waals surface area contributed by atoms with E-state index in [1.807, 2.05) is 31.2 Å². The number of anilines is 1. The average Bonchev–Trinajstić information content (AvgIpc) is 2.54. The van der Waals surface area contributed by atoms with Crippen molar-refractivity contribution in [1.82, 2.24) is 15.3 Å². The fourth-order valence-corrected chi connectivity index (χ4v) is 1.91. The number of hydrogen-bond acceptors (Lipinski definition) is 5. The van der Waals surface area contributed by atoms with Crippen LogP contribution >= 0.6 is 0 Å².